The number of hydrogen-bond donors (Lipinski definition) is 3. The van der Waals surface area contributed by atoms with Crippen LogP contribution in [0.2, 0.25) is 0 Å². The van der Waals surface area contributed by atoms with E-state index in [-0.39, 0.29) is 30.3 Å². The molecule has 2 aromatic heterocycles. The molecule has 2 aliphatic rings. The Morgan fingerprint density at radius 1 is 1.33 bits per heavy atom. The number of carbonyl (C=O) groups excluding carboxylic acids is 1. The lowest BCUT2D eigenvalue weighted by Gasteiger charge is -2.34. The highest BCUT2D eigenvalue weighted by Crippen LogP contribution is 2.40. The van der Waals surface area contributed by atoms with E-state index in [1.54, 1.807) is 11.1 Å². The summed E-state index contributed by atoms with van der Waals surface area (Å²) in [5, 5.41) is 20.9. The summed E-state index contributed by atoms with van der Waals surface area (Å²) in [6, 6.07) is 2.07. The van der Waals surface area contributed by atoms with Crippen LogP contribution in [0.15, 0.2) is 12.3 Å². The van der Waals surface area contributed by atoms with Gasteiger partial charge in [0.15, 0.2) is 5.82 Å². The molecule has 0 saturated heterocycles. The van der Waals surface area contributed by atoms with Crippen LogP contribution in [0.4, 0.5) is 10.6 Å². The van der Waals surface area contributed by atoms with Crippen LogP contribution in [-0.4, -0.2) is 49.3 Å². The van der Waals surface area contributed by atoms with Gasteiger partial charge in [0.2, 0.25) is 5.91 Å². The quantitative estimate of drug-likeness (QED) is 0.636. The molecule has 0 bridgehead atoms. The third-order valence-corrected chi connectivity index (χ3v) is 7.41. The molecular formula is C21H29N5O3S. The smallest absolute Gasteiger partial charge is 0.407 e. The van der Waals surface area contributed by atoms with E-state index < -0.39 is 6.09 Å². The predicted molar refractivity (Wildman–Crippen MR) is 115 cm³/mol. The number of aromatic nitrogens is 3. The minimum atomic E-state index is -0.796. The highest BCUT2D eigenvalue weighted by Gasteiger charge is 2.40. The van der Waals surface area contributed by atoms with Gasteiger partial charge >= 0.3 is 6.09 Å². The van der Waals surface area contributed by atoms with Crippen molar-refractivity contribution >= 4 is 29.2 Å². The molecule has 2 amide bonds. The molecule has 2 aliphatic carbocycles. The Balaban J connectivity index is 1.36. The molecule has 2 heterocycles. The number of thiazole rings is 1. The van der Waals surface area contributed by atoms with E-state index in [1.165, 1.54) is 11.3 Å². The van der Waals surface area contributed by atoms with Gasteiger partial charge in [-0.05, 0) is 44.9 Å². The van der Waals surface area contributed by atoms with Gasteiger partial charge in [-0.15, -0.1) is 11.3 Å². The predicted octanol–water partition coefficient (Wildman–Crippen LogP) is 4.16. The molecule has 0 radical (unpaired) electrons. The summed E-state index contributed by atoms with van der Waals surface area (Å²) >= 11 is 1.52. The van der Waals surface area contributed by atoms with Gasteiger partial charge in [0, 0.05) is 40.8 Å². The van der Waals surface area contributed by atoms with Crippen molar-refractivity contribution < 1.29 is 14.7 Å². The second-order valence-corrected chi connectivity index (χ2v) is 9.93. The maximum Gasteiger partial charge on any atom is 0.407 e. The van der Waals surface area contributed by atoms with Crippen molar-refractivity contribution in [1.29, 1.82) is 0 Å². The molecule has 4 atom stereocenters. The van der Waals surface area contributed by atoms with E-state index in [4.69, 9.17) is 0 Å². The molecule has 2 saturated carbocycles. The second kappa shape index (κ2) is 8.75. The van der Waals surface area contributed by atoms with E-state index >= 15 is 0 Å². The topological polar surface area (TPSA) is 111 Å². The fourth-order valence-corrected chi connectivity index (χ4v) is 5.84. The number of H-pyrrole nitrogens is 1. The Morgan fingerprint density at radius 3 is 2.83 bits per heavy atom. The number of rotatable bonds is 6. The maximum atomic E-state index is 12.3. The van der Waals surface area contributed by atoms with Gasteiger partial charge in [-0.1, -0.05) is 13.3 Å². The first-order valence-corrected chi connectivity index (χ1v) is 11.5. The van der Waals surface area contributed by atoms with E-state index in [1.807, 2.05) is 13.0 Å². The molecule has 0 spiro atoms. The van der Waals surface area contributed by atoms with Gasteiger partial charge in [-0.2, -0.15) is 5.10 Å². The first kappa shape index (κ1) is 20.8. The van der Waals surface area contributed by atoms with Crippen molar-refractivity contribution in [2.45, 2.75) is 76.8 Å². The zero-order valence-corrected chi connectivity index (χ0v) is 18.2. The SMILES string of the molecule is Cc1ncc(CC(=O)Nc2cc([C@H]3CC[C@@H](N(C(=O)O)[C@H]4CCC[C@H]4C)C3)[nH]n2)s1. The Labute approximate surface area is 180 Å². The maximum absolute atomic E-state index is 12.3. The van der Waals surface area contributed by atoms with Crippen molar-refractivity contribution in [3.8, 4) is 0 Å². The van der Waals surface area contributed by atoms with Crippen LogP contribution < -0.4 is 5.32 Å². The monoisotopic (exact) mass is 431 g/mol. The lowest BCUT2D eigenvalue weighted by molar-refractivity contribution is -0.115. The lowest BCUT2D eigenvalue weighted by atomic mass is 10.0. The van der Waals surface area contributed by atoms with Crippen LogP contribution in [0.3, 0.4) is 0 Å². The highest BCUT2D eigenvalue weighted by molar-refractivity contribution is 7.11. The third kappa shape index (κ3) is 4.50. The Hall–Kier alpha value is -2.42. The van der Waals surface area contributed by atoms with Crippen LogP contribution in [-0.2, 0) is 11.2 Å². The van der Waals surface area contributed by atoms with E-state index in [9.17, 15) is 14.7 Å². The zero-order chi connectivity index (χ0) is 21.3. The fraction of sp³-hybridized carbons (Fsp3) is 0.619. The van der Waals surface area contributed by atoms with Crippen molar-refractivity contribution in [2.75, 3.05) is 5.32 Å². The zero-order valence-electron chi connectivity index (χ0n) is 17.4. The van der Waals surface area contributed by atoms with Crippen molar-refractivity contribution in [3.63, 3.8) is 0 Å². The fourth-order valence-electron chi connectivity index (χ4n) is 5.04. The molecule has 0 aliphatic heterocycles. The van der Waals surface area contributed by atoms with E-state index in [0.29, 0.717) is 11.7 Å². The average molecular weight is 432 g/mol. The molecule has 9 heteroatoms. The molecule has 4 rings (SSSR count). The number of carbonyl (C=O) groups is 2. The third-order valence-electron chi connectivity index (χ3n) is 6.50. The molecule has 8 nitrogen and oxygen atoms in total. The number of anilines is 1. The Morgan fingerprint density at radius 2 is 2.17 bits per heavy atom. The molecular weight excluding hydrogens is 402 g/mol. The summed E-state index contributed by atoms with van der Waals surface area (Å²) in [4.78, 5) is 31.1. The number of nitrogens with zero attached hydrogens (tertiary/aromatic N) is 3. The number of aromatic amines is 1. The van der Waals surface area contributed by atoms with E-state index in [0.717, 1.165) is 54.1 Å². The normalized spacial score (nSPS) is 26.1. The molecule has 2 aromatic rings. The number of carboxylic acid groups (broad SMARTS) is 1. The van der Waals surface area contributed by atoms with Gasteiger partial charge in [-0.25, -0.2) is 9.78 Å². The molecule has 3 N–H and O–H groups in total. The Kier molecular flexibility index (Phi) is 6.08. The van der Waals surface area contributed by atoms with Crippen LogP contribution in [0.1, 0.15) is 66.9 Å². The van der Waals surface area contributed by atoms with E-state index in [2.05, 4.69) is 27.4 Å². The van der Waals surface area contributed by atoms with Gasteiger partial charge < -0.3 is 15.3 Å². The van der Waals surface area contributed by atoms with Gasteiger partial charge in [0.1, 0.15) is 0 Å². The van der Waals surface area contributed by atoms with Crippen molar-refractivity contribution in [1.82, 2.24) is 20.1 Å². The standard InChI is InChI=1S/C21H29N5O3S/c1-12-4-3-5-18(12)26(21(28)29)15-7-6-14(8-15)17-10-19(25-24-17)23-20(27)9-16-11-22-13(2)30-16/h10-12,14-15,18H,3-9H2,1-2H3,(H,28,29)(H2,23,24,25,27)/t12-,14+,15-,18+/m1/s1. The van der Waals surface area contributed by atoms with Gasteiger partial charge in [0.25, 0.3) is 0 Å². The minimum Gasteiger partial charge on any atom is -0.465 e. The molecule has 0 aromatic carbocycles. The number of hydrogen-bond acceptors (Lipinski definition) is 5. The molecule has 0 unspecified atom stereocenters. The van der Waals surface area contributed by atoms with Crippen molar-refractivity contribution in [3.05, 3.63) is 27.8 Å². The summed E-state index contributed by atoms with van der Waals surface area (Å²) in [5.74, 6) is 1.06. The summed E-state index contributed by atoms with van der Waals surface area (Å²) in [6.45, 7) is 4.08. The number of amides is 2. The number of aryl methyl sites for hydroxylation is 1. The summed E-state index contributed by atoms with van der Waals surface area (Å²) in [5.41, 5.74) is 0.964. The van der Waals surface area contributed by atoms with Crippen LogP contribution in [0, 0.1) is 12.8 Å². The average Bonchev–Trinajstić information content (AvgIpc) is 3.45. The molecule has 30 heavy (non-hydrogen) atoms. The van der Waals surface area contributed by atoms with Crippen molar-refractivity contribution in [2.24, 2.45) is 5.92 Å². The van der Waals surface area contributed by atoms with Crippen LogP contribution in [0.5, 0.6) is 0 Å². The van der Waals surface area contributed by atoms with Crippen LogP contribution >= 0.6 is 11.3 Å². The first-order chi connectivity index (χ1) is 14.4. The summed E-state index contributed by atoms with van der Waals surface area (Å²) < 4.78 is 0. The lowest BCUT2D eigenvalue weighted by Crippen LogP contribution is -2.46. The second-order valence-electron chi connectivity index (χ2n) is 8.61. The highest BCUT2D eigenvalue weighted by atomic mass is 32.1. The van der Waals surface area contributed by atoms with Gasteiger partial charge in [0.05, 0.1) is 11.4 Å². The summed E-state index contributed by atoms with van der Waals surface area (Å²) in [6.07, 6.45) is 6.98. The largest absolute Gasteiger partial charge is 0.465 e. The Bertz CT molecular complexity index is 910. The van der Waals surface area contributed by atoms with Gasteiger partial charge in [-0.3, -0.25) is 9.89 Å². The summed E-state index contributed by atoms with van der Waals surface area (Å²) in [7, 11) is 0. The number of nitrogens with one attached hydrogen (secondary N) is 2. The molecule has 2 fully saturated rings. The minimum absolute atomic E-state index is 0.0500. The molecule has 162 valence electrons. The first-order valence-electron chi connectivity index (χ1n) is 10.7. The van der Waals surface area contributed by atoms with Crippen LogP contribution in [0.25, 0.3) is 0 Å².